The van der Waals surface area contributed by atoms with E-state index in [4.69, 9.17) is 10.9 Å². The van der Waals surface area contributed by atoms with Crippen molar-refractivity contribution in [3.8, 4) is 0 Å². The SMILES string of the molecule is CC1CN(c2ncccc2C(N)=NO)CC(C)S1. The highest BCUT2D eigenvalue weighted by Crippen LogP contribution is 2.29. The predicted molar refractivity (Wildman–Crippen MR) is 75.5 cm³/mol. The summed E-state index contributed by atoms with van der Waals surface area (Å²) in [7, 11) is 0. The summed E-state index contributed by atoms with van der Waals surface area (Å²) in [6.45, 7) is 6.27. The lowest BCUT2D eigenvalue weighted by Crippen LogP contribution is -2.41. The minimum atomic E-state index is 0.108. The molecule has 18 heavy (non-hydrogen) atoms. The van der Waals surface area contributed by atoms with E-state index < -0.39 is 0 Å². The molecule has 5 nitrogen and oxygen atoms in total. The quantitative estimate of drug-likeness (QED) is 0.367. The highest BCUT2D eigenvalue weighted by molar-refractivity contribution is 8.00. The zero-order chi connectivity index (χ0) is 13.1. The molecule has 2 heterocycles. The Morgan fingerprint density at radius 2 is 2.17 bits per heavy atom. The third kappa shape index (κ3) is 2.69. The van der Waals surface area contributed by atoms with Crippen molar-refractivity contribution in [3.63, 3.8) is 0 Å². The molecule has 0 aromatic carbocycles. The Balaban J connectivity index is 2.32. The lowest BCUT2D eigenvalue weighted by molar-refractivity contribution is 0.318. The molecule has 2 rings (SSSR count). The Morgan fingerprint density at radius 3 is 2.78 bits per heavy atom. The van der Waals surface area contributed by atoms with Gasteiger partial charge in [0.25, 0.3) is 0 Å². The molecule has 3 N–H and O–H groups in total. The Hall–Kier alpha value is -1.43. The summed E-state index contributed by atoms with van der Waals surface area (Å²) in [6.07, 6.45) is 1.74. The maximum absolute atomic E-state index is 8.83. The van der Waals surface area contributed by atoms with E-state index in [1.165, 1.54) is 0 Å². The van der Waals surface area contributed by atoms with Crippen molar-refractivity contribution < 1.29 is 5.21 Å². The molecule has 1 saturated heterocycles. The van der Waals surface area contributed by atoms with Gasteiger partial charge in [-0.15, -0.1) is 0 Å². The molecule has 1 aromatic rings. The Morgan fingerprint density at radius 1 is 1.50 bits per heavy atom. The van der Waals surface area contributed by atoms with E-state index >= 15 is 0 Å². The molecule has 0 saturated carbocycles. The minimum absolute atomic E-state index is 0.108. The van der Waals surface area contributed by atoms with Crippen LogP contribution in [-0.4, -0.2) is 39.6 Å². The van der Waals surface area contributed by atoms with Crippen LogP contribution in [0.5, 0.6) is 0 Å². The predicted octanol–water partition coefficient (Wildman–Crippen LogP) is 1.51. The first kappa shape index (κ1) is 13.0. The van der Waals surface area contributed by atoms with Crippen LogP contribution in [0.2, 0.25) is 0 Å². The van der Waals surface area contributed by atoms with E-state index in [1.54, 1.807) is 12.3 Å². The molecule has 0 amide bonds. The summed E-state index contributed by atoms with van der Waals surface area (Å²) in [5.41, 5.74) is 6.39. The van der Waals surface area contributed by atoms with Crippen LogP contribution in [0.4, 0.5) is 5.82 Å². The molecule has 0 bridgehead atoms. The molecule has 0 aliphatic carbocycles. The normalized spacial score (nSPS) is 25.2. The van der Waals surface area contributed by atoms with Crippen molar-refractivity contribution in [3.05, 3.63) is 23.9 Å². The van der Waals surface area contributed by atoms with E-state index in [-0.39, 0.29) is 5.84 Å². The van der Waals surface area contributed by atoms with Crippen molar-refractivity contribution in [1.29, 1.82) is 0 Å². The van der Waals surface area contributed by atoms with E-state index in [0.717, 1.165) is 18.9 Å². The fraction of sp³-hybridized carbons (Fsp3) is 0.500. The molecule has 0 spiro atoms. The lowest BCUT2D eigenvalue weighted by Gasteiger charge is -2.36. The smallest absolute Gasteiger partial charge is 0.173 e. The molecule has 1 aromatic heterocycles. The van der Waals surface area contributed by atoms with Gasteiger partial charge in [0, 0.05) is 29.8 Å². The number of nitrogens with zero attached hydrogens (tertiary/aromatic N) is 3. The van der Waals surface area contributed by atoms with Gasteiger partial charge in [-0.3, -0.25) is 0 Å². The van der Waals surface area contributed by atoms with Crippen molar-refractivity contribution in [2.24, 2.45) is 10.9 Å². The van der Waals surface area contributed by atoms with Crippen LogP contribution in [0.15, 0.2) is 23.5 Å². The van der Waals surface area contributed by atoms with Gasteiger partial charge in [0.15, 0.2) is 5.84 Å². The van der Waals surface area contributed by atoms with Crippen molar-refractivity contribution in [2.45, 2.75) is 24.3 Å². The van der Waals surface area contributed by atoms with Gasteiger partial charge in [-0.2, -0.15) is 11.8 Å². The zero-order valence-electron chi connectivity index (χ0n) is 10.6. The van der Waals surface area contributed by atoms with Crippen LogP contribution < -0.4 is 10.6 Å². The van der Waals surface area contributed by atoms with Crippen molar-refractivity contribution in [2.75, 3.05) is 18.0 Å². The molecular weight excluding hydrogens is 248 g/mol. The average Bonchev–Trinajstić information content (AvgIpc) is 2.36. The first-order valence-electron chi connectivity index (χ1n) is 5.95. The zero-order valence-corrected chi connectivity index (χ0v) is 11.4. The monoisotopic (exact) mass is 266 g/mol. The number of pyridine rings is 1. The fourth-order valence-corrected chi connectivity index (χ4v) is 3.58. The maximum Gasteiger partial charge on any atom is 0.173 e. The van der Waals surface area contributed by atoms with Gasteiger partial charge in [-0.25, -0.2) is 4.98 Å². The number of amidine groups is 1. The summed E-state index contributed by atoms with van der Waals surface area (Å²) in [4.78, 5) is 6.59. The van der Waals surface area contributed by atoms with Gasteiger partial charge < -0.3 is 15.8 Å². The second kappa shape index (κ2) is 5.48. The summed E-state index contributed by atoms with van der Waals surface area (Å²) < 4.78 is 0. The molecular formula is C12H18N4OS. The van der Waals surface area contributed by atoms with E-state index in [9.17, 15) is 0 Å². The van der Waals surface area contributed by atoms with E-state index in [1.807, 2.05) is 17.8 Å². The van der Waals surface area contributed by atoms with Crippen LogP contribution in [0, 0.1) is 0 Å². The minimum Gasteiger partial charge on any atom is -0.409 e. The molecule has 1 aliphatic rings. The number of aromatic nitrogens is 1. The number of anilines is 1. The van der Waals surface area contributed by atoms with E-state index in [2.05, 4.69) is 28.9 Å². The average molecular weight is 266 g/mol. The molecule has 1 aliphatic heterocycles. The Labute approximate surface area is 111 Å². The molecule has 0 radical (unpaired) electrons. The number of hydrogen-bond acceptors (Lipinski definition) is 5. The summed E-state index contributed by atoms with van der Waals surface area (Å²) >= 11 is 1.98. The molecule has 1 fully saturated rings. The summed E-state index contributed by atoms with van der Waals surface area (Å²) in [6, 6.07) is 3.62. The first-order valence-corrected chi connectivity index (χ1v) is 6.89. The van der Waals surface area contributed by atoms with Gasteiger partial charge in [-0.1, -0.05) is 19.0 Å². The van der Waals surface area contributed by atoms with Crippen molar-refractivity contribution >= 4 is 23.4 Å². The highest BCUT2D eigenvalue weighted by atomic mass is 32.2. The van der Waals surface area contributed by atoms with Crippen LogP contribution in [0.1, 0.15) is 19.4 Å². The number of rotatable bonds is 2. The second-order valence-corrected chi connectivity index (χ2v) is 6.40. The van der Waals surface area contributed by atoms with Crippen LogP contribution in [0.25, 0.3) is 0 Å². The van der Waals surface area contributed by atoms with Crippen LogP contribution in [0.3, 0.4) is 0 Å². The van der Waals surface area contributed by atoms with Gasteiger partial charge in [0.1, 0.15) is 5.82 Å². The van der Waals surface area contributed by atoms with Crippen molar-refractivity contribution in [1.82, 2.24) is 4.98 Å². The number of oxime groups is 1. The Kier molecular flexibility index (Phi) is 3.96. The first-order chi connectivity index (χ1) is 8.61. The number of hydrogen-bond donors (Lipinski definition) is 2. The largest absolute Gasteiger partial charge is 0.409 e. The lowest BCUT2D eigenvalue weighted by atomic mass is 10.2. The Bertz CT molecular complexity index is 441. The van der Waals surface area contributed by atoms with Gasteiger partial charge >= 0.3 is 0 Å². The highest BCUT2D eigenvalue weighted by Gasteiger charge is 2.25. The standard InChI is InChI=1S/C12H18N4OS/c1-8-6-16(7-9(2)18-8)12-10(11(13)15-17)4-3-5-14-12/h3-5,8-9,17H,6-7H2,1-2H3,(H2,13,15). The molecule has 6 heteroatoms. The van der Waals surface area contributed by atoms with Gasteiger partial charge in [-0.05, 0) is 12.1 Å². The molecule has 2 atom stereocenters. The van der Waals surface area contributed by atoms with Crippen LogP contribution in [-0.2, 0) is 0 Å². The van der Waals surface area contributed by atoms with Crippen LogP contribution >= 0.6 is 11.8 Å². The fourth-order valence-electron chi connectivity index (χ4n) is 2.25. The van der Waals surface area contributed by atoms with Gasteiger partial charge in [0.2, 0.25) is 0 Å². The maximum atomic E-state index is 8.83. The van der Waals surface area contributed by atoms with Gasteiger partial charge in [0.05, 0.1) is 5.56 Å². The number of nitrogens with two attached hydrogens (primary N) is 1. The summed E-state index contributed by atoms with van der Waals surface area (Å²) in [5.74, 6) is 0.906. The third-order valence-corrected chi connectivity index (χ3v) is 4.12. The second-order valence-electron chi connectivity index (χ2n) is 4.52. The summed E-state index contributed by atoms with van der Waals surface area (Å²) in [5, 5.41) is 13.0. The topological polar surface area (TPSA) is 74.7 Å². The third-order valence-electron chi connectivity index (χ3n) is 2.89. The molecule has 2 unspecified atom stereocenters. The molecule has 98 valence electrons. The number of thioether (sulfide) groups is 1. The van der Waals surface area contributed by atoms with E-state index in [0.29, 0.717) is 16.1 Å².